The molecule has 0 atom stereocenters. The van der Waals surface area contributed by atoms with Gasteiger partial charge in [-0.25, -0.2) is 4.98 Å². The number of rotatable bonds is 3. The third-order valence-electron chi connectivity index (χ3n) is 2.70. The molecule has 0 aliphatic carbocycles. The van der Waals surface area contributed by atoms with Gasteiger partial charge in [-0.15, -0.1) is 11.3 Å². The maximum atomic E-state index is 4.42. The second kappa shape index (κ2) is 4.74. The van der Waals surface area contributed by atoms with Crippen molar-refractivity contribution in [3.8, 4) is 0 Å². The van der Waals surface area contributed by atoms with Crippen LogP contribution in [0.5, 0.6) is 0 Å². The van der Waals surface area contributed by atoms with Crippen molar-refractivity contribution in [2.24, 2.45) is 0 Å². The summed E-state index contributed by atoms with van der Waals surface area (Å²) in [6, 6.07) is 10.2. The van der Waals surface area contributed by atoms with Crippen LogP contribution in [0.4, 0.5) is 5.69 Å². The number of aryl methyl sites for hydroxylation is 1. The van der Waals surface area contributed by atoms with Crippen LogP contribution < -0.4 is 5.32 Å². The monoisotopic (exact) mass is 255 g/mol. The van der Waals surface area contributed by atoms with Crippen LogP contribution >= 0.6 is 11.3 Å². The van der Waals surface area contributed by atoms with Gasteiger partial charge in [0, 0.05) is 16.5 Å². The Labute approximate surface area is 110 Å². The van der Waals surface area contributed by atoms with Crippen molar-refractivity contribution in [3.63, 3.8) is 0 Å². The van der Waals surface area contributed by atoms with Gasteiger partial charge in [0.2, 0.25) is 0 Å². The highest BCUT2D eigenvalue weighted by Gasteiger charge is 2.00. The first-order valence-electron chi connectivity index (χ1n) is 5.81. The second-order valence-corrected chi connectivity index (χ2v) is 5.10. The van der Waals surface area contributed by atoms with Crippen LogP contribution in [0.1, 0.15) is 10.7 Å². The van der Waals surface area contributed by atoms with Crippen molar-refractivity contribution < 1.29 is 0 Å². The Hall–Kier alpha value is -1.94. The number of aromatic nitrogens is 2. The highest BCUT2D eigenvalue weighted by Crippen LogP contribution is 2.17. The minimum atomic E-state index is 0.749. The van der Waals surface area contributed by atoms with Crippen LogP contribution in [0.15, 0.2) is 41.9 Å². The van der Waals surface area contributed by atoms with E-state index in [1.54, 1.807) is 11.3 Å². The number of hydrogen-bond donors (Lipinski definition) is 1. The average Bonchev–Trinajstić information content (AvgIpc) is 2.82. The van der Waals surface area contributed by atoms with Crippen LogP contribution in [0, 0.1) is 6.92 Å². The molecular formula is C14H13N3S. The van der Waals surface area contributed by atoms with E-state index in [0.717, 1.165) is 33.8 Å². The summed E-state index contributed by atoms with van der Waals surface area (Å²) in [5.74, 6) is 0. The van der Waals surface area contributed by atoms with Gasteiger partial charge in [-0.05, 0) is 19.1 Å². The number of para-hydroxylation sites is 1. The van der Waals surface area contributed by atoms with E-state index in [9.17, 15) is 0 Å². The molecule has 3 rings (SSSR count). The van der Waals surface area contributed by atoms with Crippen LogP contribution in [0.2, 0.25) is 0 Å². The minimum Gasteiger partial charge on any atom is -0.377 e. The van der Waals surface area contributed by atoms with Crippen LogP contribution in [-0.4, -0.2) is 9.97 Å². The summed E-state index contributed by atoms with van der Waals surface area (Å²) in [6.07, 6.45) is 1.86. The topological polar surface area (TPSA) is 37.8 Å². The summed E-state index contributed by atoms with van der Waals surface area (Å²) in [6.45, 7) is 2.76. The largest absolute Gasteiger partial charge is 0.377 e. The first-order valence-corrected chi connectivity index (χ1v) is 6.69. The lowest BCUT2D eigenvalue weighted by atomic mass is 10.2. The van der Waals surface area contributed by atoms with Crippen molar-refractivity contribution >= 4 is 27.9 Å². The Morgan fingerprint density at radius 3 is 3.00 bits per heavy atom. The van der Waals surface area contributed by atoms with Gasteiger partial charge in [-0.2, -0.15) is 0 Å². The quantitative estimate of drug-likeness (QED) is 0.777. The van der Waals surface area contributed by atoms with Crippen molar-refractivity contribution in [2.45, 2.75) is 13.5 Å². The molecule has 0 aliphatic rings. The Kier molecular flexibility index (Phi) is 2.94. The van der Waals surface area contributed by atoms with Gasteiger partial charge in [-0.1, -0.05) is 18.2 Å². The third-order valence-corrected chi connectivity index (χ3v) is 3.67. The molecule has 4 heteroatoms. The molecule has 0 saturated heterocycles. The Bertz CT molecular complexity index is 675. The van der Waals surface area contributed by atoms with Gasteiger partial charge in [0.05, 0.1) is 23.9 Å². The summed E-state index contributed by atoms with van der Waals surface area (Å²) in [7, 11) is 0. The van der Waals surface area contributed by atoms with Crippen molar-refractivity contribution in [2.75, 3.05) is 5.32 Å². The summed E-state index contributed by atoms with van der Waals surface area (Å²) >= 11 is 1.68. The standard InChI is InChI=1S/C14H13N3S/c1-10-9-18-14(17-10)8-15-12-6-11-4-2-3-5-13(11)16-7-12/h2-7,9,15H,8H2,1H3. The zero-order chi connectivity index (χ0) is 12.4. The number of pyridine rings is 1. The number of anilines is 1. The van der Waals surface area contributed by atoms with Crippen LogP contribution in [0.25, 0.3) is 10.9 Å². The second-order valence-electron chi connectivity index (χ2n) is 4.15. The van der Waals surface area contributed by atoms with E-state index in [4.69, 9.17) is 0 Å². The molecule has 0 radical (unpaired) electrons. The lowest BCUT2D eigenvalue weighted by Gasteiger charge is -2.05. The summed E-state index contributed by atoms with van der Waals surface area (Å²) in [5.41, 5.74) is 3.13. The Balaban J connectivity index is 1.78. The predicted molar refractivity (Wildman–Crippen MR) is 75.9 cm³/mol. The lowest BCUT2D eigenvalue weighted by Crippen LogP contribution is -1.99. The SMILES string of the molecule is Cc1csc(CNc2cnc3ccccc3c2)n1. The average molecular weight is 255 g/mol. The zero-order valence-corrected chi connectivity index (χ0v) is 10.9. The fourth-order valence-electron chi connectivity index (χ4n) is 1.83. The molecule has 3 nitrogen and oxygen atoms in total. The molecular weight excluding hydrogens is 242 g/mol. The maximum Gasteiger partial charge on any atom is 0.112 e. The minimum absolute atomic E-state index is 0.749. The van der Waals surface area contributed by atoms with E-state index in [0.29, 0.717) is 0 Å². The van der Waals surface area contributed by atoms with Gasteiger partial charge < -0.3 is 5.32 Å². The molecule has 18 heavy (non-hydrogen) atoms. The summed E-state index contributed by atoms with van der Waals surface area (Å²) in [5, 5.41) is 7.67. The molecule has 2 heterocycles. The number of nitrogens with one attached hydrogen (secondary N) is 1. The molecule has 2 aromatic heterocycles. The number of fused-ring (bicyclic) bond motifs is 1. The number of hydrogen-bond acceptors (Lipinski definition) is 4. The zero-order valence-electron chi connectivity index (χ0n) is 10.1. The van der Waals surface area contributed by atoms with Gasteiger partial charge in [0.25, 0.3) is 0 Å². The van der Waals surface area contributed by atoms with Crippen molar-refractivity contribution in [3.05, 3.63) is 52.6 Å². The number of thiazole rings is 1. The number of benzene rings is 1. The van der Waals surface area contributed by atoms with E-state index >= 15 is 0 Å². The van der Waals surface area contributed by atoms with Gasteiger partial charge in [-0.3, -0.25) is 4.98 Å². The maximum absolute atomic E-state index is 4.42. The molecule has 0 fully saturated rings. The fourth-order valence-corrected chi connectivity index (χ4v) is 2.54. The molecule has 3 aromatic rings. The highest BCUT2D eigenvalue weighted by atomic mass is 32.1. The Morgan fingerprint density at radius 2 is 2.17 bits per heavy atom. The smallest absolute Gasteiger partial charge is 0.112 e. The summed E-state index contributed by atoms with van der Waals surface area (Å²) in [4.78, 5) is 8.84. The van der Waals surface area contributed by atoms with Gasteiger partial charge >= 0.3 is 0 Å². The summed E-state index contributed by atoms with van der Waals surface area (Å²) < 4.78 is 0. The molecule has 0 amide bonds. The number of nitrogens with zero attached hydrogens (tertiary/aromatic N) is 2. The first kappa shape index (κ1) is 11.2. The molecule has 0 aliphatic heterocycles. The van der Waals surface area contributed by atoms with E-state index in [2.05, 4.69) is 32.8 Å². The van der Waals surface area contributed by atoms with Crippen molar-refractivity contribution in [1.82, 2.24) is 9.97 Å². The predicted octanol–water partition coefficient (Wildman–Crippen LogP) is 3.61. The van der Waals surface area contributed by atoms with E-state index in [1.807, 2.05) is 31.3 Å². The normalized spacial score (nSPS) is 10.7. The van der Waals surface area contributed by atoms with E-state index in [-0.39, 0.29) is 0 Å². The van der Waals surface area contributed by atoms with E-state index in [1.165, 1.54) is 0 Å². The highest BCUT2D eigenvalue weighted by molar-refractivity contribution is 7.09. The first-order chi connectivity index (χ1) is 8.81. The molecule has 1 aromatic carbocycles. The lowest BCUT2D eigenvalue weighted by molar-refractivity contribution is 1.07. The van der Waals surface area contributed by atoms with Gasteiger partial charge in [0.15, 0.2) is 0 Å². The fraction of sp³-hybridized carbons (Fsp3) is 0.143. The molecule has 0 saturated carbocycles. The van der Waals surface area contributed by atoms with Gasteiger partial charge in [0.1, 0.15) is 5.01 Å². The van der Waals surface area contributed by atoms with Crippen LogP contribution in [-0.2, 0) is 6.54 Å². The Morgan fingerprint density at radius 1 is 1.28 bits per heavy atom. The molecule has 0 unspecified atom stereocenters. The molecule has 0 bridgehead atoms. The molecule has 0 spiro atoms. The van der Waals surface area contributed by atoms with E-state index < -0.39 is 0 Å². The van der Waals surface area contributed by atoms with Crippen molar-refractivity contribution in [1.29, 1.82) is 0 Å². The van der Waals surface area contributed by atoms with Crippen LogP contribution in [0.3, 0.4) is 0 Å². The molecule has 1 N–H and O–H groups in total. The molecule has 90 valence electrons. The third kappa shape index (κ3) is 2.33.